The van der Waals surface area contributed by atoms with Gasteiger partial charge in [-0.05, 0) is 30.3 Å². The van der Waals surface area contributed by atoms with Crippen LogP contribution in [0.3, 0.4) is 0 Å². The smallest absolute Gasteiger partial charge is 0.229 e. The number of nitrogen functional groups attached to an aromatic ring is 1. The van der Waals surface area contributed by atoms with Crippen molar-refractivity contribution in [3.8, 4) is 11.5 Å². The number of benzene rings is 2. The van der Waals surface area contributed by atoms with Gasteiger partial charge in [0.25, 0.3) is 0 Å². The standard InChI is InChI=1S/C13H8ClFN2O/c14-7-1-3-9(10(16)5-7)13-17-11-4-2-8(15)6-12(11)18-13/h1-6H,16H2. The van der Waals surface area contributed by atoms with Gasteiger partial charge in [0.1, 0.15) is 11.3 Å². The van der Waals surface area contributed by atoms with Gasteiger partial charge in [-0.25, -0.2) is 9.37 Å². The van der Waals surface area contributed by atoms with Gasteiger partial charge in [-0.15, -0.1) is 0 Å². The highest BCUT2D eigenvalue weighted by Gasteiger charge is 2.11. The Morgan fingerprint density at radius 1 is 1.17 bits per heavy atom. The Bertz CT molecular complexity index is 739. The van der Waals surface area contributed by atoms with E-state index in [0.29, 0.717) is 33.3 Å². The first kappa shape index (κ1) is 11.0. The molecule has 0 radical (unpaired) electrons. The topological polar surface area (TPSA) is 52.0 Å². The van der Waals surface area contributed by atoms with E-state index in [2.05, 4.69) is 4.98 Å². The predicted molar refractivity (Wildman–Crippen MR) is 68.8 cm³/mol. The van der Waals surface area contributed by atoms with Gasteiger partial charge < -0.3 is 10.2 Å². The van der Waals surface area contributed by atoms with Crippen molar-refractivity contribution in [2.75, 3.05) is 5.73 Å². The number of oxazole rings is 1. The largest absolute Gasteiger partial charge is 0.436 e. The van der Waals surface area contributed by atoms with E-state index in [1.54, 1.807) is 24.3 Å². The maximum absolute atomic E-state index is 13.1. The van der Waals surface area contributed by atoms with Crippen LogP contribution >= 0.6 is 11.6 Å². The van der Waals surface area contributed by atoms with Gasteiger partial charge in [0, 0.05) is 16.8 Å². The Balaban J connectivity index is 2.19. The molecule has 0 aliphatic carbocycles. The molecule has 1 aromatic heterocycles. The summed E-state index contributed by atoms with van der Waals surface area (Å²) in [5, 5.41) is 0.540. The minimum absolute atomic E-state index is 0.352. The summed E-state index contributed by atoms with van der Waals surface area (Å²) in [6.45, 7) is 0. The summed E-state index contributed by atoms with van der Waals surface area (Å²) in [5.41, 5.74) is 7.92. The zero-order valence-corrected chi connectivity index (χ0v) is 9.91. The van der Waals surface area contributed by atoms with Crippen LogP contribution in [0.1, 0.15) is 0 Å². The van der Waals surface area contributed by atoms with Crippen molar-refractivity contribution in [3.05, 3.63) is 47.2 Å². The van der Waals surface area contributed by atoms with E-state index in [-0.39, 0.29) is 5.82 Å². The molecule has 0 fully saturated rings. The third kappa shape index (κ3) is 1.80. The summed E-state index contributed by atoms with van der Waals surface area (Å²) < 4.78 is 18.5. The molecule has 2 N–H and O–H groups in total. The van der Waals surface area contributed by atoms with Crippen LogP contribution in [0.4, 0.5) is 10.1 Å². The van der Waals surface area contributed by atoms with Crippen molar-refractivity contribution in [2.45, 2.75) is 0 Å². The second-order valence-corrected chi connectivity index (χ2v) is 4.30. The maximum atomic E-state index is 13.1. The highest BCUT2D eigenvalue weighted by atomic mass is 35.5. The molecule has 0 spiro atoms. The maximum Gasteiger partial charge on any atom is 0.229 e. The molecule has 0 aliphatic heterocycles. The molecule has 0 atom stereocenters. The van der Waals surface area contributed by atoms with E-state index in [0.717, 1.165) is 0 Å². The van der Waals surface area contributed by atoms with Crippen LogP contribution in [0.15, 0.2) is 40.8 Å². The Morgan fingerprint density at radius 3 is 2.78 bits per heavy atom. The summed E-state index contributed by atoms with van der Waals surface area (Å²) in [6, 6.07) is 9.22. The number of hydrogen-bond acceptors (Lipinski definition) is 3. The van der Waals surface area contributed by atoms with E-state index in [1.807, 2.05) is 0 Å². The molecular weight excluding hydrogens is 255 g/mol. The first-order valence-corrected chi connectivity index (χ1v) is 5.63. The zero-order valence-electron chi connectivity index (χ0n) is 9.15. The number of nitrogens with two attached hydrogens (primary N) is 1. The van der Waals surface area contributed by atoms with Crippen LogP contribution in [-0.4, -0.2) is 4.98 Å². The minimum atomic E-state index is -0.366. The van der Waals surface area contributed by atoms with Crippen LogP contribution in [0.25, 0.3) is 22.6 Å². The Kier molecular flexibility index (Phi) is 2.45. The molecule has 3 rings (SSSR count). The third-order valence-corrected chi connectivity index (χ3v) is 2.83. The molecule has 1 heterocycles. The van der Waals surface area contributed by atoms with Crippen molar-refractivity contribution < 1.29 is 8.81 Å². The highest BCUT2D eigenvalue weighted by Crippen LogP contribution is 2.30. The monoisotopic (exact) mass is 262 g/mol. The van der Waals surface area contributed by atoms with Crippen molar-refractivity contribution in [2.24, 2.45) is 0 Å². The fourth-order valence-corrected chi connectivity index (χ4v) is 1.92. The van der Waals surface area contributed by atoms with Crippen LogP contribution in [0.2, 0.25) is 5.02 Å². The number of anilines is 1. The van der Waals surface area contributed by atoms with Gasteiger partial charge in [-0.1, -0.05) is 11.6 Å². The third-order valence-electron chi connectivity index (χ3n) is 2.59. The lowest BCUT2D eigenvalue weighted by Crippen LogP contribution is -1.89. The van der Waals surface area contributed by atoms with Crippen molar-refractivity contribution >= 4 is 28.4 Å². The van der Waals surface area contributed by atoms with Crippen molar-refractivity contribution in [3.63, 3.8) is 0 Å². The second-order valence-electron chi connectivity index (χ2n) is 3.86. The average Bonchev–Trinajstić information content (AvgIpc) is 2.71. The second kappa shape index (κ2) is 3.99. The van der Waals surface area contributed by atoms with E-state index in [4.69, 9.17) is 21.8 Å². The first-order valence-electron chi connectivity index (χ1n) is 5.25. The van der Waals surface area contributed by atoms with E-state index >= 15 is 0 Å². The van der Waals surface area contributed by atoms with E-state index < -0.39 is 0 Å². The van der Waals surface area contributed by atoms with Gasteiger partial charge >= 0.3 is 0 Å². The van der Waals surface area contributed by atoms with Crippen molar-refractivity contribution in [1.82, 2.24) is 4.98 Å². The Hall–Kier alpha value is -2.07. The fourth-order valence-electron chi connectivity index (χ4n) is 1.74. The SMILES string of the molecule is Nc1cc(Cl)ccc1-c1nc2ccc(F)cc2o1. The molecule has 2 aromatic carbocycles. The molecule has 90 valence electrons. The van der Waals surface area contributed by atoms with Gasteiger partial charge in [0.2, 0.25) is 5.89 Å². The van der Waals surface area contributed by atoms with Crippen LogP contribution < -0.4 is 5.73 Å². The minimum Gasteiger partial charge on any atom is -0.436 e. The van der Waals surface area contributed by atoms with Crippen LogP contribution in [-0.2, 0) is 0 Å². The molecule has 0 saturated heterocycles. The number of aromatic nitrogens is 1. The molecule has 5 heteroatoms. The summed E-state index contributed by atoms with van der Waals surface area (Å²) in [5.74, 6) is -0.0148. The Labute approximate surface area is 107 Å². The molecule has 0 bridgehead atoms. The number of halogens is 2. The number of fused-ring (bicyclic) bond motifs is 1. The summed E-state index contributed by atoms with van der Waals surface area (Å²) in [7, 11) is 0. The van der Waals surface area contributed by atoms with E-state index in [1.165, 1.54) is 12.1 Å². The molecular formula is C13H8ClFN2O. The number of hydrogen-bond donors (Lipinski definition) is 1. The van der Waals surface area contributed by atoms with E-state index in [9.17, 15) is 4.39 Å². The van der Waals surface area contributed by atoms with Gasteiger partial charge in [0.05, 0.1) is 5.56 Å². The fraction of sp³-hybridized carbons (Fsp3) is 0. The first-order chi connectivity index (χ1) is 8.63. The molecule has 0 aliphatic rings. The van der Waals surface area contributed by atoms with Crippen LogP contribution in [0.5, 0.6) is 0 Å². The molecule has 3 nitrogen and oxygen atoms in total. The highest BCUT2D eigenvalue weighted by molar-refractivity contribution is 6.31. The number of rotatable bonds is 1. The molecule has 18 heavy (non-hydrogen) atoms. The molecule has 3 aromatic rings. The quantitative estimate of drug-likeness (QED) is 0.677. The number of nitrogens with zero attached hydrogens (tertiary/aromatic N) is 1. The summed E-state index contributed by atoms with van der Waals surface area (Å²) in [4.78, 5) is 4.26. The molecule has 0 unspecified atom stereocenters. The van der Waals surface area contributed by atoms with Gasteiger partial charge in [-0.2, -0.15) is 0 Å². The lowest BCUT2D eigenvalue weighted by molar-refractivity contribution is 0.602. The lowest BCUT2D eigenvalue weighted by Gasteiger charge is -2.00. The predicted octanol–water partition coefficient (Wildman–Crippen LogP) is 3.87. The van der Waals surface area contributed by atoms with Crippen molar-refractivity contribution in [1.29, 1.82) is 0 Å². The molecule has 0 amide bonds. The normalized spacial score (nSPS) is 11.0. The summed E-state index contributed by atoms with van der Waals surface area (Å²) in [6.07, 6.45) is 0. The van der Waals surface area contributed by atoms with Gasteiger partial charge in [-0.3, -0.25) is 0 Å². The lowest BCUT2D eigenvalue weighted by atomic mass is 10.2. The average molecular weight is 263 g/mol. The molecule has 0 saturated carbocycles. The summed E-state index contributed by atoms with van der Waals surface area (Å²) >= 11 is 5.82. The zero-order chi connectivity index (χ0) is 12.7. The van der Waals surface area contributed by atoms with Crippen LogP contribution in [0, 0.1) is 5.82 Å². The Morgan fingerprint density at radius 2 is 2.00 bits per heavy atom. The van der Waals surface area contributed by atoms with Gasteiger partial charge in [0.15, 0.2) is 5.58 Å².